The van der Waals surface area contributed by atoms with E-state index in [-0.39, 0.29) is 18.4 Å². The molecule has 0 aliphatic heterocycles. The Morgan fingerprint density at radius 2 is 1.48 bits per heavy atom. The molecule has 6 heteroatoms. The predicted octanol–water partition coefficient (Wildman–Crippen LogP) is 5.70. The van der Waals surface area contributed by atoms with Crippen LogP contribution in [0.2, 0.25) is 10.0 Å². The van der Waals surface area contributed by atoms with E-state index in [0.717, 1.165) is 16.7 Å². The SMILES string of the molecule is CCNC(=O)[C@@H](Cc1ccccc1)N(Cc1ccc(Cl)c(Cl)c1)C(=O)CCc1ccccc1. The number of carbonyl (C=O) groups is 2. The van der Waals surface area contributed by atoms with Crippen LogP contribution in [0.4, 0.5) is 0 Å². The summed E-state index contributed by atoms with van der Waals surface area (Å²) in [7, 11) is 0. The van der Waals surface area contributed by atoms with Crippen molar-refractivity contribution in [2.45, 2.75) is 38.8 Å². The molecule has 0 bridgehead atoms. The number of benzene rings is 3. The lowest BCUT2D eigenvalue weighted by molar-refractivity contribution is -0.141. The van der Waals surface area contributed by atoms with Crippen LogP contribution in [-0.4, -0.2) is 29.3 Å². The number of aryl methyl sites for hydroxylation is 1. The first-order valence-electron chi connectivity index (χ1n) is 11.1. The van der Waals surface area contributed by atoms with E-state index >= 15 is 0 Å². The van der Waals surface area contributed by atoms with Crippen molar-refractivity contribution in [3.05, 3.63) is 106 Å². The van der Waals surface area contributed by atoms with Crippen molar-refractivity contribution in [3.8, 4) is 0 Å². The third-order valence-corrected chi connectivity index (χ3v) is 6.17. The van der Waals surface area contributed by atoms with Crippen LogP contribution in [0.3, 0.4) is 0 Å². The van der Waals surface area contributed by atoms with Crippen LogP contribution >= 0.6 is 23.2 Å². The molecule has 0 fully saturated rings. The minimum absolute atomic E-state index is 0.0860. The zero-order valence-corrected chi connectivity index (χ0v) is 20.1. The van der Waals surface area contributed by atoms with Gasteiger partial charge in [-0.15, -0.1) is 0 Å². The van der Waals surface area contributed by atoms with Gasteiger partial charge in [0.15, 0.2) is 0 Å². The molecular formula is C27H28Cl2N2O2. The van der Waals surface area contributed by atoms with Crippen LogP contribution in [0.15, 0.2) is 78.9 Å². The number of rotatable bonds is 10. The van der Waals surface area contributed by atoms with E-state index in [1.165, 1.54) is 0 Å². The predicted molar refractivity (Wildman–Crippen MR) is 134 cm³/mol. The highest BCUT2D eigenvalue weighted by atomic mass is 35.5. The molecule has 4 nitrogen and oxygen atoms in total. The van der Waals surface area contributed by atoms with Crippen LogP contribution in [0.25, 0.3) is 0 Å². The molecule has 172 valence electrons. The van der Waals surface area contributed by atoms with E-state index < -0.39 is 6.04 Å². The van der Waals surface area contributed by atoms with E-state index in [2.05, 4.69) is 5.32 Å². The molecule has 0 radical (unpaired) electrons. The van der Waals surface area contributed by atoms with Gasteiger partial charge in [0, 0.05) is 25.9 Å². The molecule has 3 aromatic rings. The average molecular weight is 483 g/mol. The molecule has 0 heterocycles. The zero-order chi connectivity index (χ0) is 23.6. The molecule has 0 aromatic heterocycles. The average Bonchev–Trinajstić information content (AvgIpc) is 2.83. The van der Waals surface area contributed by atoms with E-state index in [1.54, 1.807) is 17.0 Å². The first kappa shape index (κ1) is 24.8. The molecule has 0 saturated heterocycles. The number of hydrogen-bond acceptors (Lipinski definition) is 2. The van der Waals surface area contributed by atoms with Crippen molar-refractivity contribution in [1.29, 1.82) is 0 Å². The molecule has 3 aromatic carbocycles. The van der Waals surface area contributed by atoms with Crippen LogP contribution < -0.4 is 5.32 Å². The highest BCUT2D eigenvalue weighted by Gasteiger charge is 2.30. The fourth-order valence-electron chi connectivity index (χ4n) is 3.72. The van der Waals surface area contributed by atoms with Gasteiger partial charge in [-0.05, 0) is 42.2 Å². The van der Waals surface area contributed by atoms with Gasteiger partial charge in [0.1, 0.15) is 6.04 Å². The maximum absolute atomic E-state index is 13.5. The summed E-state index contributed by atoms with van der Waals surface area (Å²) >= 11 is 12.3. The Balaban J connectivity index is 1.90. The van der Waals surface area contributed by atoms with Crippen molar-refractivity contribution in [2.24, 2.45) is 0 Å². The second-order valence-corrected chi connectivity index (χ2v) is 8.67. The number of amides is 2. The lowest BCUT2D eigenvalue weighted by atomic mass is 10.0. The van der Waals surface area contributed by atoms with Crippen LogP contribution in [0, 0.1) is 0 Å². The minimum Gasteiger partial charge on any atom is -0.355 e. The zero-order valence-electron chi connectivity index (χ0n) is 18.6. The van der Waals surface area contributed by atoms with Gasteiger partial charge >= 0.3 is 0 Å². The lowest BCUT2D eigenvalue weighted by Crippen LogP contribution is -2.50. The van der Waals surface area contributed by atoms with Gasteiger partial charge < -0.3 is 10.2 Å². The third kappa shape index (κ3) is 7.34. The molecule has 33 heavy (non-hydrogen) atoms. The first-order valence-corrected chi connectivity index (χ1v) is 11.8. The second kappa shape index (κ2) is 12.4. The van der Waals surface area contributed by atoms with Gasteiger partial charge in [0.25, 0.3) is 0 Å². The third-order valence-electron chi connectivity index (χ3n) is 5.43. The van der Waals surface area contributed by atoms with E-state index in [0.29, 0.717) is 35.9 Å². The van der Waals surface area contributed by atoms with Crippen LogP contribution in [-0.2, 0) is 29.0 Å². The Bertz CT molecular complexity index is 1060. The van der Waals surface area contributed by atoms with Crippen molar-refractivity contribution in [3.63, 3.8) is 0 Å². The molecule has 0 spiro atoms. The van der Waals surface area contributed by atoms with Gasteiger partial charge in [0.05, 0.1) is 10.0 Å². The van der Waals surface area contributed by atoms with Crippen molar-refractivity contribution < 1.29 is 9.59 Å². The molecule has 2 amide bonds. The molecule has 3 rings (SSSR count). The smallest absolute Gasteiger partial charge is 0.243 e. The molecule has 1 N–H and O–H groups in total. The normalized spacial score (nSPS) is 11.6. The number of carbonyl (C=O) groups excluding carboxylic acids is 2. The van der Waals surface area contributed by atoms with Crippen molar-refractivity contribution in [2.75, 3.05) is 6.54 Å². The summed E-state index contributed by atoms with van der Waals surface area (Å²) in [5.41, 5.74) is 2.89. The maximum Gasteiger partial charge on any atom is 0.243 e. The number of halogens is 2. The standard InChI is InChI=1S/C27H28Cl2N2O2/c1-2-30-27(33)25(18-21-11-7-4-8-12-21)31(19-22-13-15-23(28)24(29)17-22)26(32)16-14-20-9-5-3-6-10-20/h3-13,15,17,25H,2,14,16,18-19H2,1H3,(H,30,33)/t25-/m1/s1. The van der Waals surface area contributed by atoms with Crippen molar-refractivity contribution >= 4 is 35.0 Å². The van der Waals surface area contributed by atoms with E-state index in [9.17, 15) is 9.59 Å². The Labute approximate surface area is 205 Å². The first-order chi connectivity index (χ1) is 16.0. The number of nitrogens with one attached hydrogen (secondary N) is 1. The topological polar surface area (TPSA) is 49.4 Å². The van der Waals surface area contributed by atoms with Gasteiger partial charge in [-0.2, -0.15) is 0 Å². The monoisotopic (exact) mass is 482 g/mol. The van der Waals surface area contributed by atoms with Crippen LogP contribution in [0.5, 0.6) is 0 Å². The number of nitrogens with zero attached hydrogens (tertiary/aromatic N) is 1. The van der Waals surface area contributed by atoms with Crippen LogP contribution in [0.1, 0.15) is 30.0 Å². The quantitative estimate of drug-likeness (QED) is 0.402. The van der Waals surface area contributed by atoms with E-state index in [1.807, 2.05) is 73.7 Å². The molecular weight excluding hydrogens is 455 g/mol. The lowest BCUT2D eigenvalue weighted by Gasteiger charge is -2.31. The summed E-state index contributed by atoms with van der Waals surface area (Å²) in [5, 5.41) is 3.77. The number of likely N-dealkylation sites (N-methyl/N-ethyl adjacent to an activating group) is 1. The molecule has 0 aliphatic carbocycles. The fraction of sp³-hybridized carbons (Fsp3) is 0.259. The van der Waals surface area contributed by atoms with Gasteiger partial charge in [-0.1, -0.05) is 89.9 Å². The summed E-state index contributed by atoms with van der Waals surface area (Å²) in [5.74, 6) is -0.258. The second-order valence-electron chi connectivity index (χ2n) is 7.86. The summed E-state index contributed by atoms with van der Waals surface area (Å²) in [4.78, 5) is 28.3. The van der Waals surface area contributed by atoms with Gasteiger partial charge in [-0.25, -0.2) is 0 Å². The largest absolute Gasteiger partial charge is 0.355 e. The molecule has 0 aliphatic rings. The summed E-state index contributed by atoms with van der Waals surface area (Å²) in [6.45, 7) is 2.63. The highest BCUT2D eigenvalue weighted by Crippen LogP contribution is 2.24. The summed E-state index contributed by atoms with van der Waals surface area (Å²) < 4.78 is 0. The Kier molecular flexibility index (Phi) is 9.35. The summed E-state index contributed by atoms with van der Waals surface area (Å²) in [6.07, 6.45) is 1.33. The highest BCUT2D eigenvalue weighted by molar-refractivity contribution is 6.42. The number of hydrogen-bond donors (Lipinski definition) is 1. The molecule has 1 atom stereocenters. The molecule has 0 saturated carbocycles. The fourth-order valence-corrected chi connectivity index (χ4v) is 4.04. The maximum atomic E-state index is 13.5. The van der Waals surface area contributed by atoms with E-state index in [4.69, 9.17) is 23.2 Å². The summed E-state index contributed by atoms with van der Waals surface area (Å²) in [6, 6.07) is 24.3. The Morgan fingerprint density at radius 1 is 0.848 bits per heavy atom. The van der Waals surface area contributed by atoms with Crippen molar-refractivity contribution in [1.82, 2.24) is 10.2 Å². The Hall–Kier alpha value is -2.82. The van der Waals surface area contributed by atoms with Gasteiger partial charge in [-0.3, -0.25) is 9.59 Å². The molecule has 0 unspecified atom stereocenters. The van der Waals surface area contributed by atoms with Gasteiger partial charge in [0.2, 0.25) is 11.8 Å². The Morgan fingerprint density at radius 3 is 2.09 bits per heavy atom. The minimum atomic E-state index is -0.648.